The molecule has 4 rings (SSSR count). The molecule has 1 aliphatic carbocycles. The van der Waals surface area contributed by atoms with Crippen LogP contribution in [0.15, 0.2) is 24.4 Å². The number of likely N-dealkylation sites (tertiary alicyclic amines) is 1. The summed E-state index contributed by atoms with van der Waals surface area (Å²) in [6.45, 7) is 11.4. The van der Waals surface area contributed by atoms with Crippen molar-refractivity contribution in [1.29, 1.82) is 0 Å². The Hall–Kier alpha value is -3.45. The molecule has 2 fully saturated rings. The summed E-state index contributed by atoms with van der Waals surface area (Å²) in [6, 6.07) is 5.12. The molecule has 0 bridgehead atoms. The second-order valence-electron chi connectivity index (χ2n) is 13.7. The van der Waals surface area contributed by atoms with E-state index in [9.17, 15) is 22.8 Å². The van der Waals surface area contributed by atoms with Crippen LogP contribution in [-0.2, 0) is 17.4 Å². The molecule has 272 valence electrons. The van der Waals surface area contributed by atoms with E-state index >= 15 is 0 Å². The normalized spacial score (nSPS) is 20.3. The molecule has 3 N–H and O–H groups in total. The number of rotatable bonds is 14. The minimum atomic E-state index is -4.61. The number of nitrogens with one attached hydrogen (secondary N) is 3. The zero-order chi connectivity index (χ0) is 35.7. The lowest BCUT2D eigenvalue weighted by Crippen LogP contribution is -2.47. The van der Waals surface area contributed by atoms with Crippen LogP contribution in [0.3, 0.4) is 0 Å². The molecule has 4 unspecified atom stereocenters. The Morgan fingerprint density at radius 3 is 2.43 bits per heavy atom. The lowest BCUT2D eigenvalue weighted by molar-refractivity contribution is -0.138. The third-order valence-electron chi connectivity index (χ3n) is 10.5. The van der Waals surface area contributed by atoms with Gasteiger partial charge in [0.1, 0.15) is 5.75 Å². The lowest BCUT2D eigenvalue weighted by Gasteiger charge is -2.39. The maximum absolute atomic E-state index is 14.2. The van der Waals surface area contributed by atoms with Gasteiger partial charge >= 0.3 is 6.18 Å². The summed E-state index contributed by atoms with van der Waals surface area (Å²) in [5.41, 5.74) is -0.0745. The van der Waals surface area contributed by atoms with Crippen molar-refractivity contribution in [1.82, 2.24) is 30.4 Å². The molecule has 1 aliphatic heterocycles. The van der Waals surface area contributed by atoms with Crippen molar-refractivity contribution in [3.05, 3.63) is 41.2 Å². The van der Waals surface area contributed by atoms with Gasteiger partial charge < -0.3 is 30.5 Å². The maximum Gasteiger partial charge on any atom is 0.419 e. The summed E-state index contributed by atoms with van der Waals surface area (Å²) >= 11 is 0. The molecule has 13 heteroatoms. The molecular weight excluding hydrogens is 635 g/mol. The van der Waals surface area contributed by atoms with Crippen LogP contribution < -0.4 is 20.7 Å². The van der Waals surface area contributed by atoms with E-state index in [1.54, 1.807) is 23.1 Å². The predicted molar refractivity (Wildman–Crippen MR) is 185 cm³/mol. The Morgan fingerprint density at radius 1 is 1.08 bits per heavy atom. The average Bonchev–Trinajstić information content (AvgIpc) is 3.08. The molecule has 1 saturated carbocycles. The molecular formula is C36H54F3N7O3. The molecule has 2 aliphatic rings. The average molecular weight is 690 g/mol. The molecule has 0 spiro atoms. The van der Waals surface area contributed by atoms with Gasteiger partial charge in [-0.3, -0.25) is 9.59 Å². The van der Waals surface area contributed by atoms with Crippen LogP contribution in [-0.4, -0.2) is 90.5 Å². The van der Waals surface area contributed by atoms with E-state index in [1.165, 1.54) is 7.11 Å². The number of hydrogen-bond acceptors (Lipinski definition) is 8. The van der Waals surface area contributed by atoms with Crippen molar-refractivity contribution >= 4 is 23.5 Å². The zero-order valence-electron chi connectivity index (χ0n) is 29.8. The van der Waals surface area contributed by atoms with Gasteiger partial charge in [0.15, 0.2) is 0 Å². The number of amides is 2. The van der Waals surface area contributed by atoms with Crippen molar-refractivity contribution < 1.29 is 27.5 Å². The number of benzene rings is 1. The number of carbonyl (C=O) groups is 2. The number of ether oxygens (including phenoxy) is 1. The Labute approximate surface area is 289 Å². The van der Waals surface area contributed by atoms with Gasteiger partial charge in [-0.1, -0.05) is 26.7 Å². The van der Waals surface area contributed by atoms with Crippen LogP contribution >= 0.6 is 0 Å². The molecule has 1 aromatic carbocycles. The van der Waals surface area contributed by atoms with Gasteiger partial charge in [0.2, 0.25) is 11.9 Å². The standard InChI is InChI=1S/C36H54F3N7O3/c1-7-46(8-2)33(47)22-40-29-12-10-9-11-27(29)24(4)23(3)19-31-28(36(37,38)39)21-41-35(44-31)43-30-14-13-25(20-32(30)49-6)34(48)42-26-15-17-45(5)18-16-26/h13-14,20-21,23-24,26-27,29,40H,7-12,15-19,22H2,1-6H3,(H,42,48)(H,41,43,44). The Balaban J connectivity index is 1.48. The second-order valence-corrected chi connectivity index (χ2v) is 13.7. The first kappa shape index (κ1) is 38.4. The minimum Gasteiger partial charge on any atom is -0.495 e. The first-order valence-electron chi connectivity index (χ1n) is 17.7. The fraction of sp³-hybridized carbons (Fsp3) is 0.667. The van der Waals surface area contributed by atoms with E-state index < -0.39 is 11.7 Å². The number of anilines is 2. The van der Waals surface area contributed by atoms with Crippen LogP contribution in [0.4, 0.5) is 24.8 Å². The molecule has 1 aromatic heterocycles. The Morgan fingerprint density at radius 2 is 1.78 bits per heavy atom. The summed E-state index contributed by atoms with van der Waals surface area (Å²) in [6.07, 6.45) is 2.09. The summed E-state index contributed by atoms with van der Waals surface area (Å²) in [4.78, 5) is 38.1. The molecule has 2 amide bonds. The summed E-state index contributed by atoms with van der Waals surface area (Å²) in [5, 5.41) is 9.59. The maximum atomic E-state index is 14.2. The van der Waals surface area contributed by atoms with Crippen molar-refractivity contribution in [3.8, 4) is 5.75 Å². The highest BCUT2D eigenvalue weighted by Gasteiger charge is 2.37. The first-order valence-corrected chi connectivity index (χ1v) is 17.7. The number of halogens is 3. The number of carbonyl (C=O) groups excluding carboxylic acids is 2. The SMILES string of the molecule is CCN(CC)C(=O)CNC1CCCCC1C(C)C(C)Cc1nc(Nc2ccc(C(=O)NC3CCN(C)CC3)cc2OC)ncc1C(F)(F)F. The first-order chi connectivity index (χ1) is 23.3. The van der Waals surface area contributed by atoms with Crippen molar-refractivity contribution in [2.75, 3.05) is 52.2 Å². The number of piperidine rings is 1. The number of hydrogen-bond donors (Lipinski definition) is 3. The lowest BCUT2D eigenvalue weighted by atomic mass is 9.71. The molecule has 4 atom stereocenters. The quantitative estimate of drug-likeness (QED) is 0.225. The highest BCUT2D eigenvalue weighted by Crippen LogP contribution is 2.38. The van der Waals surface area contributed by atoms with Crippen LogP contribution in [0.25, 0.3) is 0 Å². The van der Waals surface area contributed by atoms with Crippen LogP contribution in [0.2, 0.25) is 0 Å². The highest BCUT2D eigenvalue weighted by atomic mass is 19.4. The summed E-state index contributed by atoms with van der Waals surface area (Å²) in [5.74, 6) is 0.403. The van der Waals surface area contributed by atoms with Gasteiger partial charge in [0.05, 0.1) is 30.6 Å². The number of methoxy groups -OCH3 is 1. The van der Waals surface area contributed by atoms with Gasteiger partial charge in [-0.2, -0.15) is 13.2 Å². The summed E-state index contributed by atoms with van der Waals surface area (Å²) < 4.78 is 48.1. The van der Waals surface area contributed by atoms with Gasteiger partial charge in [-0.15, -0.1) is 0 Å². The van der Waals surface area contributed by atoms with Gasteiger partial charge in [-0.05, 0) is 102 Å². The monoisotopic (exact) mass is 689 g/mol. The molecule has 10 nitrogen and oxygen atoms in total. The fourth-order valence-electron chi connectivity index (χ4n) is 7.21. The Bertz CT molecular complexity index is 1400. The van der Waals surface area contributed by atoms with Crippen molar-refractivity contribution in [3.63, 3.8) is 0 Å². The van der Waals surface area contributed by atoms with E-state index in [1.807, 2.05) is 20.8 Å². The third-order valence-corrected chi connectivity index (χ3v) is 10.5. The van der Waals surface area contributed by atoms with Gasteiger partial charge in [0, 0.05) is 36.9 Å². The second kappa shape index (κ2) is 17.5. The third kappa shape index (κ3) is 10.3. The highest BCUT2D eigenvalue weighted by molar-refractivity contribution is 5.95. The topological polar surface area (TPSA) is 112 Å². The van der Waals surface area contributed by atoms with Crippen molar-refractivity contribution in [2.45, 2.75) is 90.9 Å². The van der Waals surface area contributed by atoms with Crippen LogP contribution in [0, 0.1) is 17.8 Å². The number of aromatic nitrogens is 2. The molecule has 0 radical (unpaired) electrons. The van der Waals surface area contributed by atoms with Gasteiger partial charge in [-0.25, -0.2) is 9.97 Å². The van der Waals surface area contributed by atoms with E-state index in [0.717, 1.165) is 57.8 Å². The zero-order valence-corrected chi connectivity index (χ0v) is 29.8. The van der Waals surface area contributed by atoms with Crippen molar-refractivity contribution in [2.24, 2.45) is 17.8 Å². The minimum absolute atomic E-state index is 0.0109. The summed E-state index contributed by atoms with van der Waals surface area (Å²) in [7, 11) is 3.53. The smallest absolute Gasteiger partial charge is 0.419 e. The molecule has 49 heavy (non-hydrogen) atoms. The largest absolute Gasteiger partial charge is 0.495 e. The van der Waals surface area contributed by atoms with Gasteiger partial charge in [0.25, 0.3) is 5.91 Å². The van der Waals surface area contributed by atoms with E-state index in [2.05, 4.69) is 44.8 Å². The number of likely N-dealkylation sites (N-methyl/N-ethyl adjacent to an activating group) is 1. The Kier molecular flexibility index (Phi) is 13.7. The predicted octanol–water partition coefficient (Wildman–Crippen LogP) is 5.90. The van der Waals surface area contributed by atoms with E-state index in [-0.39, 0.29) is 66.3 Å². The number of nitrogens with zero attached hydrogens (tertiary/aromatic N) is 4. The molecule has 2 heterocycles. The molecule has 2 aromatic rings. The van der Waals surface area contributed by atoms with E-state index in [0.29, 0.717) is 30.1 Å². The fourth-order valence-corrected chi connectivity index (χ4v) is 7.21. The van der Waals surface area contributed by atoms with Crippen LogP contribution in [0.5, 0.6) is 5.75 Å². The van der Waals surface area contributed by atoms with Crippen LogP contribution in [0.1, 0.15) is 87.8 Å². The number of alkyl halides is 3. The molecule has 1 saturated heterocycles. The van der Waals surface area contributed by atoms with E-state index in [4.69, 9.17) is 4.74 Å².